The van der Waals surface area contributed by atoms with Gasteiger partial charge >= 0.3 is 5.97 Å². The van der Waals surface area contributed by atoms with E-state index in [1.54, 1.807) is 0 Å². The Labute approximate surface area is 125 Å². The van der Waals surface area contributed by atoms with Gasteiger partial charge in [-0.1, -0.05) is 29.8 Å². The first-order valence-corrected chi connectivity index (χ1v) is 7.59. The van der Waals surface area contributed by atoms with E-state index in [0.717, 1.165) is 24.9 Å². The largest absolute Gasteiger partial charge is 0.481 e. The fourth-order valence-corrected chi connectivity index (χ4v) is 2.85. The van der Waals surface area contributed by atoms with Gasteiger partial charge in [0.1, 0.15) is 0 Å². The van der Waals surface area contributed by atoms with Crippen LogP contribution in [0.4, 0.5) is 0 Å². The van der Waals surface area contributed by atoms with Gasteiger partial charge < -0.3 is 10.0 Å². The lowest BCUT2D eigenvalue weighted by Gasteiger charge is -2.32. The summed E-state index contributed by atoms with van der Waals surface area (Å²) in [6, 6.07) is 8.04. The second-order valence-electron chi connectivity index (χ2n) is 5.94. The summed E-state index contributed by atoms with van der Waals surface area (Å²) in [6.45, 7) is 3.54. The third kappa shape index (κ3) is 4.88. The molecule has 1 aliphatic heterocycles. The van der Waals surface area contributed by atoms with E-state index < -0.39 is 5.97 Å². The molecule has 1 aliphatic rings. The number of rotatable bonds is 5. The van der Waals surface area contributed by atoms with E-state index in [9.17, 15) is 9.59 Å². The molecule has 0 unspecified atom stereocenters. The van der Waals surface area contributed by atoms with Crippen molar-refractivity contribution in [2.75, 3.05) is 13.1 Å². The molecule has 0 aliphatic carbocycles. The van der Waals surface area contributed by atoms with Gasteiger partial charge in [-0.25, -0.2) is 0 Å². The third-order valence-corrected chi connectivity index (χ3v) is 4.11. The zero-order valence-electron chi connectivity index (χ0n) is 12.5. The molecule has 2 rings (SSSR count). The fraction of sp³-hybridized carbons (Fsp3) is 0.529. The first-order valence-electron chi connectivity index (χ1n) is 7.59. The normalized spacial score (nSPS) is 18.5. The minimum atomic E-state index is -0.752. The fourth-order valence-electron chi connectivity index (χ4n) is 2.85. The molecule has 0 radical (unpaired) electrons. The highest BCUT2D eigenvalue weighted by molar-refractivity contribution is 5.78. The summed E-state index contributed by atoms with van der Waals surface area (Å²) in [4.78, 5) is 24.9. The van der Waals surface area contributed by atoms with E-state index in [1.165, 1.54) is 5.56 Å². The van der Waals surface area contributed by atoms with Crippen LogP contribution in [0.1, 0.15) is 36.8 Å². The highest BCUT2D eigenvalue weighted by Crippen LogP contribution is 2.21. The number of carbonyl (C=O) groups is 2. The number of benzene rings is 1. The molecule has 4 heteroatoms. The van der Waals surface area contributed by atoms with E-state index in [4.69, 9.17) is 5.11 Å². The number of carboxylic acid groups (broad SMARTS) is 1. The molecule has 114 valence electrons. The first-order chi connectivity index (χ1) is 10.0. The predicted octanol–water partition coefficient (Wildman–Crippen LogP) is 2.64. The monoisotopic (exact) mass is 289 g/mol. The van der Waals surface area contributed by atoms with Gasteiger partial charge in [-0.3, -0.25) is 9.59 Å². The van der Waals surface area contributed by atoms with Crippen molar-refractivity contribution >= 4 is 11.9 Å². The molecule has 1 N–H and O–H groups in total. The standard InChI is InChI=1S/C17H23NO3/c1-13-4-6-14(7-5-13)11-16(19)18-10-2-3-15(12-18)8-9-17(20)21/h4-7,15H,2-3,8-12H2,1H3,(H,20,21)/t15-/m1/s1. The lowest BCUT2D eigenvalue weighted by Crippen LogP contribution is -2.40. The van der Waals surface area contributed by atoms with Gasteiger partial charge in [0.25, 0.3) is 0 Å². The molecule has 1 fully saturated rings. The maximum absolute atomic E-state index is 12.3. The molecule has 0 spiro atoms. The number of carboxylic acids is 1. The zero-order chi connectivity index (χ0) is 15.2. The Kier molecular flexibility index (Phi) is 5.37. The minimum Gasteiger partial charge on any atom is -0.481 e. The summed E-state index contributed by atoms with van der Waals surface area (Å²) in [5.74, 6) is -0.270. The topological polar surface area (TPSA) is 57.6 Å². The van der Waals surface area contributed by atoms with Crippen LogP contribution >= 0.6 is 0 Å². The van der Waals surface area contributed by atoms with Crippen molar-refractivity contribution in [2.24, 2.45) is 5.92 Å². The molecule has 0 saturated carbocycles. The predicted molar refractivity (Wildman–Crippen MR) is 81.1 cm³/mol. The SMILES string of the molecule is Cc1ccc(CC(=O)N2CCC[C@H](CCC(=O)O)C2)cc1. The van der Waals surface area contributed by atoms with E-state index in [2.05, 4.69) is 0 Å². The van der Waals surface area contributed by atoms with Gasteiger partial charge in [0.2, 0.25) is 5.91 Å². The highest BCUT2D eigenvalue weighted by atomic mass is 16.4. The Balaban J connectivity index is 1.86. The molecule has 0 bridgehead atoms. The van der Waals surface area contributed by atoms with Crippen LogP contribution in [0.25, 0.3) is 0 Å². The van der Waals surface area contributed by atoms with Crippen LogP contribution < -0.4 is 0 Å². The molecule has 1 aromatic carbocycles. The number of hydrogen-bond donors (Lipinski definition) is 1. The van der Waals surface area contributed by atoms with Crippen LogP contribution in [0, 0.1) is 12.8 Å². The number of nitrogens with zero attached hydrogens (tertiary/aromatic N) is 1. The van der Waals surface area contributed by atoms with Crippen LogP contribution in [-0.4, -0.2) is 35.0 Å². The van der Waals surface area contributed by atoms with Gasteiger partial charge in [0, 0.05) is 19.5 Å². The summed E-state index contributed by atoms with van der Waals surface area (Å²) in [6.07, 6.45) is 3.31. The summed E-state index contributed by atoms with van der Waals surface area (Å²) in [5, 5.41) is 8.76. The number of hydrogen-bond acceptors (Lipinski definition) is 2. The number of aliphatic carboxylic acids is 1. The molecule has 1 heterocycles. The maximum Gasteiger partial charge on any atom is 0.303 e. The number of likely N-dealkylation sites (tertiary alicyclic amines) is 1. The van der Waals surface area contributed by atoms with Crippen LogP contribution in [0.3, 0.4) is 0 Å². The van der Waals surface area contributed by atoms with Crippen molar-refractivity contribution in [1.29, 1.82) is 0 Å². The van der Waals surface area contributed by atoms with Gasteiger partial charge in [-0.05, 0) is 37.7 Å². The lowest BCUT2D eigenvalue weighted by molar-refractivity contribution is -0.137. The van der Waals surface area contributed by atoms with E-state index >= 15 is 0 Å². The average molecular weight is 289 g/mol. The Morgan fingerprint density at radius 2 is 2.00 bits per heavy atom. The number of amides is 1. The summed E-state index contributed by atoms with van der Waals surface area (Å²) in [7, 11) is 0. The van der Waals surface area contributed by atoms with E-state index in [0.29, 0.717) is 25.3 Å². The summed E-state index contributed by atoms with van der Waals surface area (Å²) < 4.78 is 0. The molecular formula is C17H23NO3. The second-order valence-corrected chi connectivity index (χ2v) is 5.94. The van der Waals surface area contributed by atoms with Gasteiger partial charge in [0.05, 0.1) is 6.42 Å². The molecular weight excluding hydrogens is 266 g/mol. The first kappa shape index (κ1) is 15.5. The smallest absolute Gasteiger partial charge is 0.303 e. The van der Waals surface area contributed by atoms with Crippen molar-refractivity contribution in [2.45, 2.75) is 39.0 Å². The van der Waals surface area contributed by atoms with Crippen molar-refractivity contribution in [3.8, 4) is 0 Å². The number of carbonyl (C=O) groups excluding carboxylic acids is 1. The van der Waals surface area contributed by atoms with Crippen molar-refractivity contribution in [3.63, 3.8) is 0 Å². The quantitative estimate of drug-likeness (QED) is 0.906. The molecule has 1 atom stereocenters. The van der Waals surface area contributed by atoms with Crippen LogP contribution in [-0.2, 0) is 16.0 Å². The minimum absolute atomic E-state index is 0.152. The van der Waals surface area contributed by atoms with Crippen molar-refractivity contribution in [1.82, 2.24) is 4.90 Å². The summed E-state index contributed by atoms with van der Waals surface area (Å²) >= 11 is 0. The van der Waals surface area contributed by atoms with Gasteiger partial charge in [-0.2, -0.15) is 0 Å². The molecule has 1 saturated heterocycles. The van der Waals surface area contributed by atoms with Crippen LogP contribution in [0.5, 0.6) is 0 Å². The van der Waals surface area contributed by atoms with E-state index in [-0.39, 0.29) is 12.3 Å². The Morgan fingerprint density at radius 1 is 1.29 bits per heavy atom. The molecule has 1 aromatic rings. The average Bonchev–Trinajstić information content (AvgIpc) is 2.48. The Hall–Kier alpha value is -1.84. The van der Waals surface area contributed by atoms with Crippen LogP contribution in [0.15, 0.2) is 24.3 Å². The summed E-state index contributed by atoms with van der Waals surface area (Å²) in [5.41, 5.74) is 2.23. The lowest BCUT2D eigenvalue weighted by atomic mass is 9.93. The third-order valence-electron chi connectivity index (χ3n) is 4.11. The molecule has 1 amide bonds. The van der Waals surface area contributed by atoms with Gasteiger partial charge in [0.15, 0.2) is 0 Å². The van der Waals surface area contributed by atoms with Gasteiger partial charge in [-0.15, -0.1) is 0 Å². The Bertz CT molecular complexity index is 495. The molecule has 0 aromatic heterocycles. The second kappa shape index (κ2) is 7.25. The van der Waals surface area contributed by atoms with E-state index in [1.807, 2.05) is 36.1 Å². The maximum atomic E-state index is 12.3. The number of aryl methyl sites for hydroxylation is 1. The highest BCUT2D eigenvalue weighted by Gasteiger charge is 2.23. The van der Waals surface area contributed by atoms with Crippen LogP contribution in [0.2, 0.25) is 0 Å². The van der Waals surface area contributed by atoms with Crippen molar-refractivity contribution in [3.05, 3.63) is 35.4 Å². The number of piperidine rings is 1. The zero-order valence-corrected chi connectivity index (χ0v) is 12.5. The molecule has 4 nitrogen and oxygen atoms in total. The Morgan fingerprint density at radius 3 is 2.67 bits per heavy atom. The molecule has 21 heavy (non-hydrogen) atoms. The van der Waals surface area contributed by atoms with Crippen molar-refractivity contribution < 1.29 is 14.7 Å².